The molecule has 3 heterocycles. The SMILES string of the molecule is CC(=O)c1ccc(NC(=O)c2cc(-c3ccc4nccnc4c3)n(-c3cccc(C)n3)n2)cc1. The van der Waals surface area contributed by atoms with Crippen molar-refractivity contribution in [3.05, 3.63) is 96.1 Å². The van der Waals surface area contributed by atoms with E-state index in [1.807, 2.05) is 43.3 Å². The van der Waals surface area contributed by atoms with Crippen LogP contribution in [-0.4, -0.2) is 36.4 Å². The van der Waals surface area contributed by atoms with Gasteiger partial charge in [0.15, 0.2) is 17.3 Å². The molecule has 0 radical (unpaired) electrons. The molecule has 166 valence electrons. The third kappa shape index (κ3) is 4.16. The maximum absolute atomic E-state index is 13.0. The summed E-state index contributed by atoms with van der Waals surface area (Å²) in [6, 6.07) is 19.8. The highest BCUT2D eigenvalue weighted by Crippen LogP contribution is 2.26. The highest BCUT2D eigenvalue weighted by molar-refractivity contribution is 6.04. The Morgan fingerprint density at radius 1 is 0.882 bits per heavy atom. The number of hydrogen-bond acceptors (Lipinski definition) is 6. The van der Waals surface area contributed by atoms with Crippen LogP contribution >= 0.6 is 0 Å². The van der Waals surface area contributed by atoms with E-state index in [4.69, 9.17) is 0 Å². The minimum absolute atomic E-state index is 0.0352. The number of pyridine rings is 1. The van der Waals surface area contributed by atoms with Crippen molar-refractivity contribution in [3.63, 3.8) is 0 Å². The summed E-state index contributed by atoms with van der Waals surface area (Å²) in [5.74, 6) is 0.190. The fourth-order valence-corrected chi connectivity index (χ4v) is 3.62. The molecule has 0 aliphatic heterocycles. The van der Waals surface area contributed by atoms with Gasteiger partial charge in [0.1, 0.15) is 0 Å². The van der Waals surface area contributed by atoms with Gasteiger partial charge < -0.3 is 5.32 Å². The molecule has 0 spiro atoms. The Morgan fingerprint density at radius 3 is 2.38 bits per heavy atom. The van der Waals surface area contributed by atoms with Crippen molar-refractivity contribution in [2.75, 3.05) is 5.32 Å². The first-order valence-electron chi connectivity index (χ1n) is 10.7. The zero-order valence-electron chi connectivity index (χ0n) is 18.6. The maximum atomic E-state index is 13.0. The van der Waals surface area contributed by atoms with Crippen LogP contribution in [-0.2, 0) is 0 Å². The zero-order chi connectivity index (χ0) is 23.7. The maximum Gasteiger partial charge on any atom is 0.276 e. The second-order valence-corrected chi connectivity index (χ2v) is 7.81. The quantitative estimate of drug-likeness (QED) is 0.393. The Bertz CT molecular complexity index is 1540. The highest BCUT2D eigenvalue weighted by Gasteiger charge is 2.18. The standard InChI is InChI=1S/C26H20N6O2/c1-16-4-3-5-25(29-16)32-24(19-8-11-21-22(14-19)28-13-12-27-21)15-23(31-32)26(34)30-20-9-6-18(7-10-20)17(2)33/h3-15H,1-2H3,(H,30,34). The predicted octanol–water partition coefficient (Wildman–Crippen LogP) is 4.64. The Hall–Kier alpha value is -4.72. The topological polar surface area (TPSA) is 103 Å². The number of nitrogens with one attached hydrogen (secondary N) is 1. The monoisotopic (exact) mass is 448 g/mol. The van der Waals surface area contributed by atoms with Crippen LogP contribution in [0, 0.1) is 6.92 Å². The number of amides is 1. The molecule has 2 aromatic carbocycles. The molecule has 0 bridgehead atoms. The molecule has 34 heavy (non-hydrogen) atoms. The zero-order valence-corrected chi connectivity index (χ0v) is 18.6. The number of carbonyl (C=O) groups is 2. The van der Waals surface area contributed by atoms with Crippen LogP contribution in [0.4, 0.5) is 5.69 Å². The lowest BCUT2D eigenvalue weighted by molar-refractivity contribution is 0.101. The van der Waals surface area contributed by atoms with Crippen LogP contribution in [0.2, 0.25) is 0 Å². The van der Waals surface area contributed by atoms with Crippen molar-refractivity contribution in [1.29, 1.82) is 0 Å². The minimum Gasteiger partial charge on any atom is -0.321 e. The van der Waals surface area contributed by atoms with E-state index in [2.05, 4.69) is 25.4 Å². The first-order chi connectivity index (χ1) is 16.5. The van der Waals surface area contributed by atoms with Gasteiger partial charge in [-0.3, -0.25) is 19.6 Å². The van der Waals surface area contributed by atoms with E-state index in [1.54, 1.807) is 47.4 Å². The summed E-state index contributed by atoms with van der Waals surface area (Å²) >= 11 is 0. The first kappa shape index (κ1) is 21.1. The predicted molar refractivity (Wildman–Crippen MR) is 129 cm³/mol. The number of aromatic nitrogens is 5. The molecule has 5 rings (SSSR count). The van der Waals surface area contributed by atoms with Crippen LogP contribution in [0.3, 0.4) is 0 Å². The molecule has 8 heteroatoms. The van der Waals surface area contributed by atoms with Crippen molar-refractivity contribution >= 4 is 28.4 Å². The van der Waals surface area contributed by atoms with Crippen molar-refractivity contribution in [2.24, 2.45) is 0 Å². The second kappa shape index (κ2) is 8.67. The number of anilines is 1. The van der Waals surface area contributed by atoms with Gasteiger partial charge in [-0.25, -0.2) is 9.67 Å². The van der Waals surface area contributed by atoms with Crippen molar-refractivity contribution < 1.29 is 9.59 Å². The molecule has 0 saturated heterocycles. The number of ketones is 1. The molecule has 1 amide bonds. The fourth-order valence-electron chi connectivity index (χ4n) is 3.62. The number of carbonyl (C=O) groups excluding carboxylic acids is 2. The molecule has 0 saturated carbocycles. The smallest absolute Gasteiger partial charge is 0.276 e. The summed E-state index contributed by atoms with van der Waals surface area (Å²) in [4.78, 5) is 37.8. The normalized spacial score (nSPS) is 10.9. The summed E-state index contributed by atoms with van der Waals surface area (Å²) in [5, 5.41) is 7.41. The lowest BCUT2D eigenvalue weighted by atomic mass is 10.1. The van der Waals surface area contributed by atoms with Gasteiger partial charge in [-0.15, -0.1) is 0 Å². The van der Waals surface area contributed by atoms with Gasteiger partial charge in [0.25, 0.3) is 5.91 Å². The Balaban J connectivity index is 1.55. The third-order valence-corrected chi connectivity index (χ3v) is 5.35. The van der Waals surface area contributed by atoms with Crippen molar-refractivity contribution in [3.8, 4) is 17.1 Å². The number of aryl methyl sites for hydroxylation is 1. The number of Topliss-reactive ketones (excluding diaryl/α,β-unsaturated/α-hetero) is 1. The number of rotatable bonds is 5. The van der Waals surface area contributed by atoms with Crippen molar-refractivity contribution in [2.45, 2.75) is 13.8 Å². The number of hydrogen-bond donors (Lipinski definition) is 1. The van der Waals surface area contributed by atoms with Gasteiger partial charge in [-0.05, 0) is 68.4 Å². The molecule has 0 unspecified atom stereocenters. The second-order valence-electron chi connectivity index (χ2n) is 7.81. The fraction of sp³-hybridized carbons (Fsp3) is 0.0769. The van der Waals surface area contributed by atoms with Gasteiger partial charge >= 0.3 is 0 Å². The molecule has 8 nitrogen and oxygen atoms in total. The molecule has 0 aliphatic carbocycles. The largest absolute Gasteiger partial charge is 0.321 e. The van der Waals surface area contributed by atoms with Gasteiger partial charge in [-0.1, -0.05) is 12.1 Å². The molecule has 3 aromatic heterocycles. The lowest BCUT2D eigenvalue weighted by Crippen LogP contribution is -2.13. The summed E-state index contributed by atoms with van der Waals surface area (Å²) < 4.78 is 1.65. The van der Waals surface area contributed by atoms with E-state index in [-0.39, 0.29) is 17.4 Å². The van der Waals surface area contributed by atoms with E-state index >= 15 is 0 Å². The average Bonchev–Trinajstić information content (AvgIpc) is 3.30. The first-order valence-corrected chi connectivity index (χ1v) is 10.7. The van der Waals surface area contributed by atoms with E-state index in [9.17, 15) is 9.59 Å². The van der Waals surface area contributed by atoms with E-state index < -0.39 is 0 Å². The molecule has 1 N–H and O–H groups in total. The molecule has 0 atom stereocenters. The van der Waals surface area contributed by atoms with Crippen LogP contribution in [0.5, 0.6) is 0 Å². The van der Waals surface area contributed by atoms with E-state index in [1.165, 1.54) is 6.92 Å². The Kier molecular flexibility index (Phi) is 5.39. The summed E-state index contributed by atoms with van der Waals surface area (Å²) in [6.07, 6.45) is 3.29. The summed E-state index contributed by atoms with van der Waals surface area (Å²) in [7, 11) is 0. The van der Waals surface area contributed by atoms with Gasteiger partial charge in [0.05, 0.1) is 16.7 Å². The van der Waals surface area contributed by atoms with E-state index in [0.717, 1.165) is 22.3 Å². The van der Waals surface area contributed by atoms with Crippen LogP contribution in [0.1, 0.15) is 33.5 Å². The number of nitrogens with zero attached hydrogens (tertiary/aromatic N) is 5. The molecule has 0 aliphatic rings. The molecule has 5 aromatic rings. The average molecular weight is 448 g/mol. The lowest BCUT2D eigenvalue weighted by Gasteiger charge is -2.08. The van der Waals surface area contributed by atoms with Gasteiger partial charge in [0.2, 0.25) is 0 Å². The Labute approximate surface area is 195 Å². The Morgan fingerprint density at radius 2 is 1.65 bits per heavy atom. The third-order valence-electron chi connectivity index (χ3n) is 5.35. The van der Waals surface area contributed by atoms with E-state index in [0.29, 0.717) is 22.8 Å². The van der Waals surface area contributed by atoms with Crippen LogP contribution in [0.25, 0.3) is 28.1 Å². The number of fused-ring (bicyclic) bond motifs is 1. The highest BCUT2D eigenvalue weighted by atomic mass is 16.2. The summed E-state index contributed by atoms with van der Waals surface area (Å²) in [5.41, 5.74) is 5.25. The number of benzene rings is 2. The molecule has 0 fully saturated rings. The molecular formula is C26H20N6O2. The molecular weight excluding hydrogens is 428 g/mol. The van der Waals surface area contributed by atoms with Crippen LogP contribution < -0.4 is 5.32 Å². The van der Waals surface area contributed by atoms with Crippen LogP contribution in [0.15, 0.2) is 79.1 Å². The van der Waals surface area contributed by atoms with Gasteiger partial charge in [-0.2, -0.15) is 5.10 Å². The minimum atomic E-state index is -0.371. The van der Waals surface area contributed by atoms with Gasteiger partial charge in [0, 0.05) is 34.9 Å². The summed E-state index contributed by atoms with van der Waals surface area (Å²) in [6.45, 7) is 3.40. The van der Waals surface area contributed by atoms with Crippen molar-refractivity contribution in [1.82, 2.24) is 24.7 Å².